The minimum Gasteiger partial charge on any atom is -0.495 e. The molecule has 4 N–H and O–H groups in total. The van der Waals surface area contributed by atoms with E-state index >= 15 is 0 Å². The van der Waals surface area contributed by atoms with E-state index in [1.807, 2.05) is 6.07 Å². The summed E-state index contributed by atoms with van der Waals surface area (Å²) in [6.45, 7) is 2.79. The van der Waals surface area contributed by atoms with Crippen LogP contribution in [0.1, 0.15) is 28.8 Å². The Balaban J connectivity index is 1.51. The van der Waals surface area contributed by atoms with E-state index < -0.39 is 5.91 Å². The van der Waals surface area contributed by atoms with Gasteiger partial charge in [0.1, 0.15) is 5.75 Å². The van der Waals surface area contributed by atoms with Crippen molar-refractivity contribution in [3.63, 3.8) is 0 Å². The molecule has 0 bridgehead atoms. The number of hydrogen-bond acceptors (Lipinski definition) is 4. The van der Waals surface area contributed by atoms with E-state index in [-0.39, 0.29) is 12.1 Å². The van der Waals surface area contributed by atoms with Crippen LogP contribution in [0.3, 0.4) is 0 Å². The molecule has 0 saturated carbocycles. The highest BCUT2D eigenvalue weighted by atomic mass is 16.5. The maximum absolute atomic E-state index is 12.4. The van der Waals surface area contributed by atoms with Crippen LogP contribution >= 0.6 is 0 Å². The van der Waals surface area contributed by atoms with E-state index in [1.54, 1.807) is 12.1 Å². The van der Waals surface area contributed by atoms with Crippen molar-refractivity contribution in [1.82, 2.24) is 10.2 Å². The van der Waals surface area contributed by atoms with Crippen LogP contribution in [0.15, 0.2) is 48.5 Å². The summed E-state index contributed by atoms with van der Waals surface area (Å²) in [4.78, 5) is 26.2. The Hall–Kier alpha value is -3.06. The number of primary amides is 1. The molecule has 1 aliphatic rings. The smallest absolute Gasteiger partial charge is 0.319 e. The Morgan fingerprint density at radius 3 is 2.50 bits per heavy atom. The number of urea groups is 1. The number of methoxy groups -OCH3 is 1. The summed E-state index contributed by atoms with van der Waals surface area (Å²) in [5.41, 5.74) is 7.33. The summed E-state index contributed by atoms with van der Waals surface area (Å²) in [7, 11) is 1.50. The second kappa shape index (κ2) is 9.23. The Bertz CT molecular complexity index is 818. The molecule has 7 nitrogen and oxygen atoms in total. The first-order chi connectivity index (χ1) is 13.5. The number of likely N-dealkylation sites (tertiary alicyclic amines) is 1. The number of piperidine rings is 1. The standard InChI is InChI=1S/C21H26N4O3/c1-28-19-8-7-16(20(22)26)13-18(19)24-21(27)23-17-9-11-25(12-10-17)14-15-5-3-2-4-6-15/h2-8,13,17H,9-12,14H2,1H3,(H2,22,26)(H2,23,24,27). The van der Waals surface area contributed by atoms with Gasteiger partial charge in [0.05, 0.1) is 12.8 Å². The molecule has 0 atom stereocenters. The first-order valence-electron chi connectivity index (χ1n) is 9.37. The number of anilines is 1. The molecule has 0 spiro atoms. The lowest BCUT2D eigenvalue weighted by Crippen LogP contribution is -2.45. The molecular formula is C21H26N4O3. The molecule has 2 aromatic rings. The van der Waals surface area contributed by atoms with E-state index in [0.717, 1.165) is 32.5 Å². The van der Waals surface area contributed by atoms with Crippen molar-refractivity contribution in [2.45, 2.75) is 25.4 Å². The number of hydrogen-bond donors (Lipinski definition) is 3. The number of rotatable bonds is 6. The first-order valence-corrected chi connectivity index (χ1v) is 9.37. The Labute approximate surface area is 164 Å². The SMILES string of the molecule is COc1ccc(C(N)=O)cc1NC(=O)NC1CCN(Cc2ccccc2)CC1. The number of nitrogens with one attached hydrogen (secondary N) is 2. The van der Waals surface area contributed by atoms with Crippen LogP contribution in [0, 0.1) is 0 Å². The summed E-state index contributed by atoms with van der Waals surface area (Å²) in [5, 5.41) is 5.76. The highest BCUT2D eigenvalue weighted by Crippen LogP contribution is 2.25. The van der Waals surface area contributed by atoms with Crippen molar-refractivity contribution in [3.05, 3.63) is 59.7 Å². The van der Waals surface area contributed by atoms with Gasteiger partial charge in [-0.25, -0.2) is 4.79 Å². The van der Waals surface area contributed by atoms with Gasteiger partial charge >= 0.3 is 6.03 Å². The summed E-state index contributed by atoms with van der Waals surface area (Å²) in [6, 6.07) is 14.9. The predicted molar refractivity (Wildman–Crippen MR) is 108 cm³/mol. The molecule has 1 heterocycles. The maximum atomic E-state index is 12.4. The number of ether oxygens (including phenoxy) is 1. The van der Waals surface area contributed by atoms with Crippen LogP contribution in [0.5, 0.6) is 5.75 Å². The van der Waals surface area contributed by atoms with Crippen molar-refractivity contribution < 1.29 is 14.3 Å². The summed E-state index contributed by atoms with van der Waals surface area (Å²) in [6.07, 6.45) is 1.78. The molecule has 1 fully saturated rings. The summed E-state index contributed by atoms with van der Waals surface area (Å²) >= 11 is 0. The molecule has 148 valence electrons. The van der Waals surface area contributed by atoms with Gasteiger partial charge in [0, 0.05) is 31.2 Å². The number of nitrogens with zero attached hydrogens (tertiary/aromatic N) is 1. The van der Waals surface area contributed by atoms with Gasteiger partial charge in [-0.15, -0.1) is 0 Å². The Morgan fingerprint density at radius 1 is 1.14 bits per heavy atom. The number of nitrogens with two attached hydrogens (primary N) is 1. The largest absolute Gasteiger partial charge is 0.495 e. The molecule has 3 amide bonds. The number of carbonyl (C=O) groups is 2. The van der Waals surface area contributed by atoms with Crippen LogP contribution in [-0.4, -0.2) is 43.1 Å². The molecule has 0 radical (unpaired) electrons. The molecule has 0 unspecified atom stereocenters. The molecule has 3 rings (SSSR count). The zero-order chi connectivity index (χ0) is 19.9. The van der Waals surface area contributed by atoms with Crippen molar-refractivity contribution in [1.29, 1.82) is 0 Å². The molecule has 7 heteroatoms. The Morgan fingerprint density at radius 2 is 1.86 bits per heavy atom. The van der Waals surface area contributed by atoms with Gasteiger partial charge in [-0.1, -0.05) is 30.3 Å². The van der Waals surface area contributed by atoms with E-state index in [2.05, 4.69) is 39.8 Å². The molecule has 1 saturated heterocycles. The quantitative estimate of drug-likeness (QED) is 0.715. The zero-order valence-corrected chi connectivity index (χ0v) is 16.0. The van der Waals surface area contributed by atoms with Crippen LogP contribution < -0.4 is 21.1 Å². The van der Waals surface area contributed by atoms with Gasteiger partial charge in [0.2, 0.25) is 5.91 Å². The second-order valence-corrected chi connectivity index (χ2v) is 6.91. The fourth-order valence-corrected chi connectivity index (χ4v) is 3.38. The van der Waals surface area contributed by atoms with Crippen LogP contribution in [0.4, 0.5) is 10.5 Å². The lowest BCUT2D eigenvalue weighted by Gasteiger charge is -2.32. The first kappa shape index (κ1) is 19.7. The van der Waals surface area contributed by atoms with Gasteiger partial charge in [-0.3, -0.25) is 9.69 Å². The van der Waals surface area contributed by atoms with Crippen molar-refractivity contribution in [3.8, 4) is 5.75 Å². The fourth-order valence-electron chi connectivity index (χ4n) is 3.38. The second-order valence-electron chi connectivity index (χ2n) is 6.91. The third kappa shape index (κ3) is 5.23. The van der Waals surface area contributed by atoms with E-state index in [0.29, 0.717) is 17.0 Å². The average molecular weight is 382 g/mol. The van der Waals surface area contributed by atoms with Gasteiger partial charge in [0.15, 0.2) is 0 Å². The van der Waals surface area contributed by atoms with Gasteiger partial charge < -0.3 is 21.1 Å². The topological polar surface area (TPSA) is 96.7 Å². The highest BCUT2D eigenvalue weighted by molar-refractivity contribution is 5.97. The minimum absolute atomic E-state index is 0.109. The van der Waals surface area contributed by atoms with Gasteiger partial charge in [-0.05, 0) is 36.6 Å². The Kier molecular flexibility index (Phi) is 6.49. The van der Waals surface area contributed by atoms with Gasteiger partial charge in [-0.2, -0.15) is 0 Å². The predicted octanol–water partition coefficient (Wildman–Crippen LogP) is 2.58. The molecule has 2 aromatic carbocycles. The van der Waals surface area contributed by atoms with Crippen molar-refractivity contribution >= 4 is 17.6 Å². The van der Waals surface area contributed by atoms with Crippen molar-refractivity contribution in [2.75, 3.05) is 25.5 Å². The zero-order valence-electron chi connectivity index (χ0n) is 16.0. The summed E-state index contributed by atoms with van der Waals surface area (Å²) in [5.74, 6) is -0.0882. The average Bonchev–Trinajstić information content (AvgIpc) is 2.70. The molecular weight excluding hydrogens is 356 g/mol. The third-order valence-electron chi connectivity index (χ3n) is 4.90. The van der Waals surface area contributed by atoms with Crippen LogP contribution in [0.2, 0.25) is 0 Å². The maximum Gasteiger partial charge on any atom is 0.319 e. The minimum atomic E-state index is -0.558. The van der Waals surface area contributed by atoms with Crippen LogP contribution in [-0.2, 0) is 6.54 Å². The van der Waals surface area contributed by atoms with E-state index in [9.17, 15) is 9.59 Å². The van der Waals surface area contributed by atoms with Crippen LogP contribution in [0.25, 0.3) is 0 Å². The number of carbonyl (C=O) groups excluding carboxylic acids is 2. The monoisotopic (exact) mass is 382 g/mol. The highest BCUT2D eigenvalue weighted by Gasteiger charge is 2.21. The molecule has 0 aliphatic carbocycles. The number of amides is 3. The number of benzene rings is 2. The van der Waals surface area contributed by atoms with E-state index in [1.165, 1.54) is 18.7 Å². The molecule has 1 aliphatic heterocycles. The third-order valence-corrected chi connectivity index (χ3v) is 4.90. The lowest BCUT2D eigenvalue weighted by atomic mass is 10.0. The van der Waals surface area contributed by atoms with Crippen molar-refractivity contribution in [2.24, 2.45) is 5.73 Å². The summed E-state index contributed by atoms with van der Waals surface area (Å²) < 4.78 is 5.24. The van der Waals surface area contributed by atoms with Gasteiger partial charge in [0.25, 0.3) is 0 Å². The normalized spacial score (nSPS) is 15.0. The van der Waals surface area contributed by atoms with E-state index in [4.69, 9.17) is 10.5 Å². The lowest BCUT2D eigenvalue weighted by molar-refractivity contribution is 0.1000. The molecule has 0 aromatic heterocycles. The fraction of sp³-hybridized carbons (Fsp3) is 0.333. The molecule has 28 heavy (non-hydrogen) atoms.